The van der Waals surface area contributed by atoms with Crippen LogP contribution in [0.1, 0.15) is 27.7 Å². The summed E-state index contributed by atoms with van der Waals surface area (Å²) in [5, 5.41) is 12.8. The van der Waals surface area contributed by atoms with E-state index in [0.29, 0.717) is 4.88 Å². The molecule has 1 aliphatic heterocycles. The molecule has 2 aromatic rings. The normalized spacial score (nSPS) is 18.0. The lowest BCUT2D eigenvalue weighted by Gasteiger charge is -2.25. The minimum absolute atomic E-state index is 0.132. The van der Waals surface area contributed by atoms with Gasteiger partial charge in [0.1, 0.15) is 0 Å². The number of benzene rings is 1. The SMILES string of the molecule is CC(O)(C(=O)Nc1ccc2c(c1)S(=O)(=O)Cc1sccc1C2=O)C(F)(F)F. The van der Waals surface area contributed by atoms with Crippen molar-refractivity contribution in [1.29, 1.82) is 0 Å². The van der Waals surface area contributed by atoms with E-state index in [1.807, 2.05) is 5.32 Å². The molecule has 144 valence electrons. The Bertz CT molecular complexity index is 1050. The van der Waals surface area contributed by atoms with Crippen LogP contribution >= 0.6 is 11.3 Å². The predicted octanol–water partition coefficient (Wildman–Crippen LogP) is 2.52. The Balaban J connectivity index is 2.02. The number of carbonyl (C=O) groups is 2. The van der Waals surface area contributed by atoms with E-state index >= 15 is 0 Å². The number of fused-ring (bicyclic) bond motifs is 2. The van der Waals surface area contributed by atoms with Gasteiger partial charge in [-0.1, -0.05) is 0 Å². The lowest BCUT2D eigenvalue weighted by Crippen LogP contribution is -2.52. The molecule has 0 aliphatic carbocycles. The molecule has 2 N–H and O–H groups in total. The van der Waals surface area contributed by atoms with E-state index in [1.54, 1.807) is 5.38 Å². The number of ketones is 1. The first-order chi connectivity index (χ1) is 12.3. The third-order valence-corrected chi connectivity index (χ3v) is 6.90. The molecule has 1 unspecified atom stereocenters. The van der Waals surface area contributed by atoms with Crippen LogP contribution in [-0.2, 0) is 20.4 Å². The van der Waals surface area contributed by atoms with Gasteiger partial charge in [0.2, 0.25) is 5.60 Å². The van der Waals surface area contributed by atoms with Crippen molar-refractivity contribution in [3.05, 3.63) is 45.6 Å². The zero-order valence-corrected chi connectivity index (χ0v) is 15.3. The Morgan fingerprint density at radius 1 is 1.22 bits per heavy atom. The van der Waals surface area contributed by atoms with Crippen molar-refractivity contribution in [2.75, 3.05) is 5.32 Å². The first kappa shape index (κ1) is 19.5. The maximum Gasteiger partial charge on any atom is 0.426 e. The second-order valence-corrected chi connectivity index (χ2v) is 9.04. The summed E-state index contributed by atoms with van der Waals surface area (Å²) in [6.07, 6.45) is -5.22. The van der Waals surface area contributed by atoms with Gasteiger partial charge in [-0.3, -0.25) is 9.59 Å². The number of amides is 1. The molecule has 0 saturated carbocycles. The van der Waals surface area contributed by atoms with E-state index in [2.05, 4.69) is 0 Å². The van der Waals surface area contributed by atoms with E-state index < -0.39 is 39.1 Å². The molecule has 6 nitrogen and oxygen atoms in total. The number of hydrogen-bond acceptors (Lipinski definition) is 6. The summed E-state index contributed by atoms with van der Waals surface area (Å²) >= 11 is 1.11. The smallest absolute Gasteiger partial charge is 0.373 e. The first-order valence-electron chi connectivity index (χ1n) is 7.43. The molecular formula is C16H12F3NO5S2. The largest absolute Gasteiger partial charge is 0.426 e. The highest BCUT2D eigenvalue weighted by Gasteiger charge is 2.55. The van der Waals surface area contributed by atoms with Crippen molar-refractivity contribution in [2.24, 2.45) is 0 Å². The molecular weight excluding hydrogens is 407 g/mol. The van der Waals surface area contributed by atoms with E-state index in [-0.39, 0.29) is 28.6 Å². The van der Waals surface area contributed by atoms with E-state index in [9.17, 15) is 36.3 Å². The Kier molecular flexibility index (Phi) is 4.44. The standard InChI is InChI=1S/C16H12F3NO5S2/c1-15(23,16(17,18)19)14(22)20-8-2-3-10-12(6-8)27(24,25)7-11-9(13(10)21)4-5-26-11/h2-6,23H,7H2,1H3,(H,20,22). The first-order valence-corrected chi connectivity index (χ1v) is 9.96. The molecule has 27 heavy (non-hydrogen) atoms. The van der Waals surface area contributed by atoms with E-state index in [0.717, 1.165) is 29.5 Å². The molecule has 1 aromatic carbocycles. The number of aliphatic hydroxyl groups is 1. The van der Waals surface area contributed by atoms with Gasteiger partial charge in [-0.15, -0.1) is 11.3 Å². The van der Waals surface area contributed by atoms with Crippen LogP contribution in [0.2, 0.25) is 0 Å². The fourth-order valence-corrected chi connectivity index (χ4v) is 5.33. The van der Waals surface area contributed by atoms with Crippen LogP contribution in [0.25, 0.3) is 0 Å². The summed E-state index contributed by atoms with van der Waals surface area (Å²) in [7, 11) is -3.96. The molecule has 1 aliphatic rings. The molecule has 0 radical (unpaired) electrons. The highest BCUT2D eigenvalue weighted by atomic mass is 32.2. The predicted molar refractivity (Wildman–Crippen MR) is 90.4 cm³/mol. The van der Waals surface area contributed by atoms with Crippen molar-refractivity contribution >= 4 is 38.6 Å². The number of thiophene rings is 1. The van der Waals surface area contributed by atoms with Crippen LogP contribution in [0, 0.1) is 0 Å². The molecule has 0 bridgehead atoms. The average molecular weight is 419 g/mol. The second kappa shape index (κ2) is 6.14. The van der Waals surface area contributed by atoms with E-state index in [1.165, 1.54) is 6.07 Å². The van der Waals surface area contributed by atoms with Gasteiger partial charge in [-0.05, 0) is 36.6 Å². The van der Waals surface area contributed by atoms with Crippen LogP contribution in [0.3, 0.4) is 0 Å². The fraction of sp³-hybridized carbons (Fsp3) is 0.250. The molecule has 3 rings (SSSR count). The van der Waals surface area contributed by atoms with Crippen LogP contribution < -0.4 is 5.32 Å². The molecule has 0 saturated heterocycles. The monoisotopic (exact) mass is 419 g/mol. The summed E-state index contributed by atoms with van der Waals surface area (Å²) in [6.45, 7) is 0.282. The molecule has 11 heteroatoms. The summed E-state index contributed by atoms with van der Waals surface area (Å²) in [4.78, 5) is 24.3. The lowest BCUT2D eigenvalue weighted by atomic mass is 10.0. The van der Waals surface area contributed by atoms with Crippen molar-refractivity contribution in [2.45, 2.75) is 29.3 Å². The third kappa shape index (κ3) is 3.26. The van der Waals surface area contributed by atoms with Crippen molar-refractivity contribution in [3.63, 3.8) is 0 Å². The van der Waals surface area contributed by atoms with Gasteiger partial charge in [0.05, 0.1) is 10.6 Å². The summed E-state index contributed by atoms with van der Waals surface area (Å²) < 4.78 is 63.5. The van der Waals surface area contributed by atoms with Crippen LogP contribution in [0.15, 0.2) is 34.5 Å². The zero-order chi connectivity index (χ0) is 20.2. The molecule has 1 aromatic heterocycles. The number of carbonyl (C=O) groups excluding carboxylic acids is 2. The Morgan fingerprint density at radius 2 is 1.89 bits per heavy atom. The highest BCUT2D eigenvalue weighted by molar-refractivity contribution is 7.91. The number of hydrogen-bond donors (Lipinski definition) is 2. The second-order valence-electron chi connectivity index (χ2n) is 6.08. The topological polar surface area (TPSA) is 101 Å². The van der Waals surface area contributed by atoms with Crippen molar-refractivity contribution in [1.82, 2.24) is 0 Å². The van der Waals surface area contributed by atoms with Crippen LogP contribution in [0.4, 0.5) is 18.9 Å². The third-order valence-electron chi connectivity index (χ3n) is 4.12. The highest BCUT2D eigenvalue weighted by Crippen LogP contribution is 2.35. The van der Waals surface area contributed by atoms with Crippen LogP contribution in [-0.4, -0.2) is 37.0 Å². The summed E-state index contributed by atoms with van der Waals surface area (Å²) in [6, 6.07) is 4.65. The molecule has 1 amide bonds. The van der Waals surface area contributed by atoms with Crippen molar-refractivity contribution < 1.29 is 36.3 Å². The summed E-state index contributed by atoms with van der Waals surface area (Å²) in [5.74, 6) is -2.73. The lowest BCUT2D eigenvalue weighted by molar-refractivity contribution is -0.242. The maximum atomic E-state index is 12.8. The number of alkyl halides is 3. The molecule has 0 fully saturated rings. The maximum absolute atomic E-state index is 12.8. The Hall–Kier alpha value is -2.24. The van der Waals surface area contributed by atoms with Crippen LogP contribution in [0.5, 0.6) is 0 Å². The van der Waals surface area contributed by atoms with Gasteiger partial charge in [-0.2, -0.15) is 13.2 Å². The molecule has 1 atom stereocenters. The number of sulfone groups is 1. The quantitative estimate of drug-likeness (QED) is 0.779. The molecule has 2 heterocycles. The van der Waals surface area contributed by atoms with Gasteiger partial charge in [-0.25, -0.2) is 8.42 Å². The average Bonchev–Trinajstić information content (AvgIpc) is 2.97. The van der Waals surface area contributed by atoms with E-state index in [4.69, 9.17) is 0 Å². The fourth-order valence-electron chi connectivity index (χ4n) is 2.48. The van der Waals surface area contributed by atoms with Gasteiger partial charge in [0.15, 0.2) is 15.6 Å². The van der Waals surface area contributed by atoms with Gasteiger partial charge >= 0.3 is 6.18 Å². The zero-order valence-electron chi connectivity index (χ0n) is 13.6. The van der Waals surface area contributed by atoms with Crippen molar-refractivity contribution in [3.8, 4) is 0 Å². The minimum Gasteiger partial charge on any atom is -0.373 e. The van der Waals surface area contributed by atoms with Gasteiger partial charge in [0, 0.05) is 21.7 Å². The Morgan fingerprint density at radius 3 is 2.52 bits per heavy atom. The van der Waals surface area contributed by atoms with Gasteiger partial charge < -0.3 is 10.4 Å². The minimum atomic E-state index is -5.22. The Labute approximate surface area is 155 Å². The van der Waals surface area contributed by atoms with Gasteiger partial charge in [0.25, 0.3) is 5.91 Å². The number of anilines is 1. The molecule has 0 spiro atoms. The number of rotatable bonds is 2. The number of halogens is 3. The number of nitrogens with one attached hydrogen (secondary N) is 1. The summed E-state index contributed by atoms with van der Waals surface area (Å²) in [5.41, 5.74) is -3.84.